The molecule has 2 aromatic carbocycles. The number of aliphatic hydroxyl groups is 1. The number of carbonyl (C=O) groups is 1. The summed E-state index contributed by atoms with van der Waals surface area (Å²) in [5.74, 6) is 1.46. The molecule has 4 nitrogen and oxygen atoms in total. The van der Waals surface area contributed by atoms with Crippen molar-refractivity contribution in [2.75, 3.05) is 19.4 Å². The van der Waals surface area contributed by atoms with E-state index in [1.807, 2.05) is 54.6 Å². The zero-order valence-electron chi connectivity index (χ0n) is 14.7. The van der Waals surface area contributed by atoms with Crippen LogP contribution in [0.5, 0.6) is 5.75 Å². The second kappa shape index (κ2) is 9.49. The maximum atomic E-state index is 12.0. The van der Waals surface area contributed by atoms with Crippen molar-refractivity contribution in [2.24, 2.45) is 0 Å². The number of benzene rings is 2. The number of hydrogen-bond acceptors (Lipinski definition) is 4. The highest BCUT2D eigenvalue weighted by molar-refractivity contribution is 7.99. The Bertz CT molecular complexity index is 656. The number of methoxy groups -OCH3 is 1. The SMILES string of the molecule is COc1ccc(C[C@@](C)(O)CNC(=O)CCSc2ccccc2)cc1. The quantitative estimate of drug-likeness (QED) is 0.675. The number of hydrogen-bond donors (Lipinski definition) is 2. The first-order valence-corrected chi connectivity index (χ1v) is 9.27. The van der Waals surface area contributed by atoms with E-state index in [1.165, 1.54) is 0 Å². The summed E-state index contributed by atoms with van der Waals surface area (Å²) in [6.07, 6.45) is 0.897. The van der Waals surface area contributed by atoms with Gasteiger partial charge in [0.25, 0.3) is 0 Å². The molecule has 2 aromatic rings. The molecule has 2 N–H and O–H groups in total. The number of thioether (sulfide) groups is 1. The molecule has 0 aliphatic heterocycles. The fraction of sp³-hybridized carbons (Fsp3) is 0.350. The van der Waals surface area contributed by atoms with E-state index in [0.29, 0.717) is 12.8 Å². The minimum atomic E-state index is -0.989. The minimum absolute atomic E-state index is 0.0431. The van der Waals surface area contributed by atoms with Gasteiger partial charge in [0.2, 0.25) is 5.91 Å². The first-order valence-electron chi connectivity index (χ1n) is 8.28. The van der Waals surface area contributed by atoms with Gasteiger partial charge < -0.3 is 15.2 Å². The van der Waals surface area contributed by atoms with Gasteiger partial charge in [-0.3, -0.25) is 4.79 Å². The van der Waals surface area contributed by atoms with Gasteiger partial charge >= 0.3 is 0 Å². The Morgan fingerprint density at radius 2 is 1.84 bits per heavy atom. The molecular formula is C20H25NO3S. The lowest BCUT2D eigenvalue weighted by atomic mass is 9.96. The maximum absolute atomic E-state index is 12.0. The van der Waals surface area contributed by atoms with Crippen molar-refractivity contribution in [3.05, 3.63) is 60.2 Å². The Hall–Kier alpha value is -1.98. The number of ether oxygens (including phenoxy) is 1. The molecule has 0 saturated heterocycles. The van der Waals surface area contributed by atoms with Crippen molar-refractivity contribution in [2.45, 2.75) is 30.3 Å². The van der Waals surface area contributed by atoms with E-state index in [9.17, 15) is 9.90 Å². The van der Waals surface area contributed by atoms with Crippen LogP contribution in [-0.2, 0) is 11.2 Å². The van der Waals surface area contributed by atoms with Gasteiger partial charge in [-0.15, -0.1) is 11.8 Å². The predicted octanol–water partition coefficient (Wildman–Crippen LogP) is 3.29. The average molecular weight is 359 g/mol. The fourth-order valence-corrected chi connectivity index (χ4v) is 3.27. The van der Waals surface area contributed by atoms with Gasteiger partial charge in [-0.05, 0) is 36.8 Å². The van der Waals surface area contributed by atoms with Crippen LogP contribution in [0.15, 0.2) is 59.5 Å². The van der Waals surface area contributed by atoms with Crippen LogP contribution in [0.4, 0.5) is 0 Å². The van der Waals surface area contributed by atoms with Crippen LogP contribution in [0, 0.1) is 0 Å². The van der Waals surface area contributed by atoms with Crippen molar-refractivity contribution in [3.63, 3.8) is 0 Å². The van der Waals surface area contributed by atoms with E-state index in [-0.39, 0.29) is 12.5 Å². The molecule has 1 atom stereocenters. The van der Waals surface area contributed by atoms with Gasteiger partial charge in [-0.2, -0.15) is 0 Å². The molecule has 0 aromatic heterocycles. The monoisotopic (exact) mass is 359 g/mol. The second-order valence-corrected chi connectivity index (χ2v) is 7.38. The molecule has 0 aliphatic rings. The summed E-state index contributed by atoms with van der Waals surface area (Å²) in [5, 5.41) is 13.3. The Labute approximate surface area is 153 Å². The number of carbonyl (C=O) groups excluding carboxylic acids is 1. The summed E-state index contributed by atoms with van der Waals surface area (Å²) in [5.41, 5.74) is 0.0104. The fourth-order valence-electron chi connectivity index (χ4n) is 2.40. The molecule has 0 aliphatic carbocycles. The molecule has 0 saturated carbocycles. The Balaban J connectivity index is 1.71. The van der Waals surface area contributed by atoms with E-state index in [1.54, 1.807) is 25.8 Å². The lowest BCUT2D eigenvalue weighted by Gasteiger charge is -2.24. The highest BCUT2D eigenvalue weighted by atomic mass is 32.2. The molecule has 25 heavy (non-hydrogen) atoms. The normalized spacial score (nSPS) is 13.1. The molecule has 0 spiro atoms. The highest BCUT2D eigenvalue weighted by Crippen LogP contribution is 2.18. The van der Waals surface area contributed by atoms with Gasteiger partial charge in [0, 0.05) is 30.0 Å². The molecule has 134 valence electrons. The molecule has 1 amide bonds. The van der Waals surface area contributed by atoms with Crippen molar-refractivity contribution in [1.82, 2.24) is 5.32 Å². The molecular weight excluding hydrogens is 334 g/mol. The first kappa shape index (κ1) is 19.3. The minimum Gasteiger partial charge on any atom is -0.497 e. The molecule has 0 fully saturated rings. The Morgan fingerprint density at radius 1 is 1.16 bits per heavy atom. The Kier molecular flexibility index (Phi) is 7.34. The van der Waals surface area contributed by atoms with Crippen LogP contribution < -0.4 is 10.1 Å². The second-order valence-electron chi connectivity index (χ2n) is 6.21. The largest absolute Gasteiger partial charge is 0.497 e. The summed E-state index contributed by atoms with van der Waals surface area (Å²) in [6, 6.07) is 17.6. The number of nitrogens with one attached hydrogen (secondary N) is 1. The molecule has 5 heteroatoms. The van der Waals surface area contributed by atoms with Gasteiger partial charge in [-0.1, -0.05) is 30.3 Å². The lowest BCUT2D eigenvalue weighted by Crippen LogP contribution is -2.42. The van der Waals surface area contributed by atoms with Crippen LogP contribution in [0.3, 0.4) is 0 Å². The van der Waals surface area contributed by atoms with Gasteiger partial charge in [0.05, 0.1) is 12.7 Å². The van der Waals surface area contributed by atoms with Gasteiger partial charge in [0.1, 0.15) is 5.75 Å². The van der Waals surface area contributed by atoms with E-state index < -0.39 is 5.60 Å². The van der Waals surface area contributed by atoms with Crippen molar-refractivity contribution in [1.29, 1.82) is 0 Å². The topological polar surface area (TPSA) is 58.6 Å². The van der Waals surface area contributed by atoms with E-state index in [0.717, 1.165) is 22.0 Å². The summed E-state index contributed by atoms with van der Waals surface area (Å²) < 4.78 is 5.13. The lowest BCUT2D eigenvalue weighted by molar-refractivity contribution is -0.121. The molecule has 0 bridgehead atoms. The van der Waals surface area contributed by atoms with Crippen LogP contribution in [0.2, 0.25) is 0 Å². The van der Waals surface area contributed by atoms with Crippen LogP contribution in [-0.4, -0.2) is 36.0 Å². The van der Waals surface area contributed by atoms with Gasteiger partial charge in [-0.25, -0.2) is 0 Å². The van der Waals surface area contributed by atoms with Crippen molar-refractivity contribution in [3.8, 4) is 5.75 Å². The van der Waals surface area contributed by atoms with Crippen LogP contribution in [0.25, 0.3) is 0 Å². The standard InChI is InChI=1S/C20H25NO3S/c1-20(23,14-16-8-10-17(24-2)11-9-16)15-21-19(22)12-13-25-18-6-4-3-5-7-18/h3-11,23H,12-15H2,1-2H3,(H,21,22)/t20-/m1/s1. The van der Waals surface area contributed by atoms with E-state index in [2.05, 4.69) is 5.32 Å². The van der Waals surface area contributed by atoms with E-state index >= 15 is 0 Å². The number of amides is 1. The molecule has 0 radical (unpaired) electrons. The smallest absolute Gasteiger partial charge is 0.220 e. The Morgan fingerprint density at radius 3 is 2.48 bits per heavy atom. The summed E-state index contributed by atoms with van der Waals surface area (Å²) in [7, 11) is 1.62. The average Bonchev–Trinajstić information content (AvgIpc) is 2.61. The third kappa shape index (κ3) is 7.20. The van der Waals surface area contributed by atoms with Crippen molar-refractivity contribution >= 4 is 17.7 Å². The first-order chi connectivity index (χ1) is 12.0. The molecule has 0 heterocycles. The predicted molar refractivity (Wildman–Crippen MR) is 102 cm³/mol. The third-order valence-electron chi connectivity index (χ3n) is 3.75. The van der Waals surface area contributed by atoms with Gasteiger partial charge in [0.15, 0.2) is 0 Å². The zero-order valence-corrected chi connectivity index (χ0v) is 15.5. The zero-order chi connectivity index (χ0) is 18.1. The summed E-state index contributed by atoms with van der Waals surface area (Å²) >= 11 is 1.65. The van der Waals surface area contributed by atoms with Crippen molar-refractivity contribution < 1.29 is 14.6 Å². The molecule has 2 rings (SSSR count). The molecule has 0 unspecified atom stereocenters. The number of rotatable bonds is 9. The van der Waals surface area contributed by atoms with Crippen LogP contribution in [0.1, 0.15) is 18.9 Å². The highest BCUT2D eigenvalue weighted by Gasteiger charge is 2.21. The maximum Gasteiger partial charge on any atom is 0.220 e. The summed E-state index contributed by atoms with van der Waals surface area (Å²) in [6.45, 7) is 1.96. The third-order valence-corrected chi connectivity index (χ3v) is 4.77. The van der Waals surface area contributed by atoms with E-state index in [4.69, 9.17) is 4.74 Å². The summed E-state index contributed by atoms with van der Waals surface area (Å²) in [4.78, 5) is 13.1. The van der Waals surface area contributed by atoms with Crippen LogP contribution >= 0.6 is 11.8 Å².